The van der Waals surface area contributed by atoms with Crippen molar-refractivity contribution in [1.82, 2.24) is 9.62 Å². The van der Waals surface area contributed by atoms with E-state index in [4.69, 9.17) is 11.6 Å². The third-order valence-electron chi connectivity index (χ3n) is 3.53. The smallest absolute Gasteiger partial charge is 0.243 e. The topological polar surface area (TPSA) is 49.4 Å². The first-order valence-corrected chi connectivity index (χ1v) is 8.74. The molecule has 1 fully saturated rings. The second-order valence-electron chi connectivity index (χ2n) is 5.18. The zero-order valence-electron chi connectivity index (χ0n) is 11.9. The van der Waals surface area contributed by atoms with Crippen molar-refractivity contribution >= 4 is 21.6 Å². The van der Waals surface area contributed by atoms with E-state index in [9.17, 15) is 8.42 Å². The van der Waals surface area contributed by atoms with Crippen LogP contribution in [-0.4, -0.2) is 32.9 Å². The first-order valence-electron chi connectivity index (χ1n) is 6.92. The van der Waals surface area contributed by atoms with Crippen molar-refractivity contribution < 1.29 is 8.42 Å². The molecule has 6 heteroatoms. The molecule has 0 saturated heterocycles. The van der Waals surface area contributed by atoms with Crippen LogP contribution in [0.15, 0.2) is 23.1 Å². The van der Waals surface area contributed by atoms with Crippen molar-refractivity contribution in [2.45, 2.75) is 31.2 Å². The zero-order valence-corrected chi connectivity index (χ0v) is 13.5. The largest absolute Gasteiger partial charge is 0.316 e. The van der Waals surface area contributed by atoms with E-state index in [0.717, 1.165) is 18.4 Å². The molecule has 112 valence electrons. The second-order valence-corrected chi connectivity index (χ2v) is 7.53. The highest BCUT2D eigenvalue weighted by Gasteiger charge is 2.30. The summed E-state index contributed by atoms with van der Waals surface area (Å²) in [7, 11) is -1.61. The van der Waals surface area contributed by atoms with Gasteiger partial charge in [0.2, 0.25) is 10.0 Å². The summed E-state index contributed by atoms with van der Waals surface area (Å²) in [4.78, 5) is 0.328. The Balaban J connectivity index is 2.29. The van der Waals surface area contributed by atoms with Crippen LogP contribution >= 0.6 is 11.6 Å². The number of benzene rings is 1. The highest BCUT2D eigenvalue weighted by Crippen LogP contribution is 2.32. The highest BCUT2D eigenvalue weighted by atomic mass is 35.5. The lowest BCUT2D eigenvalue weighted by molar-refractivity contribution is 0.412. The number of rotatable bonds is 7. The Hall–Kier alpha value is -0.620. The fourth-order valence-electron chi connectivity index (χ4n) is 2.17. The Morgan fingerprint density at radius 2 is 2.10 bits per heavy atom. The van der Waals surface area contributed by atoms with Gasteiger partial charge in [0.05, 0.1) is 4.90 Å². The van der Waals surface area contributed by atoms with Gasteiger partial charge in [0.1, 0.15) is 0 Å². The molecule has 0 radical (unpaired) electrons. The molecule has 1 aliphatic rings. The quantitative estimate of drug-likeness (QED) is 0.840. The van der Waals surface area contributed by atoms with Crippen LogP contribution in [0.3, 0.4) is 0 Å². The number of hydrogen-bond donors (Lipinski definition) is 1. The Bertz CT molecular complexity index is 571. The molecule has 4 nitrogen and oxygen atoms in total. The minimum Gasteiger partial charge on any atom is -0.316 e. The van der Waals surface area contributed by atoms with Crippen molar-refractivity contribution in [2.24, 2.45) is 5.92 Å². The summed E-state index contributed by atoms with van der Waals surface area (Å²) >= 11 is 6.08. The van der Waals surface area contributed by atoms with Gasteiger partial charge in [-0.1, -0.05) is 18.5 Å². The molecular formula is C14H21ClN2O2S. The van der Waals surface area contributed by atoms with Crippen LogP contribution in [0.2, 0.25) is 5.02 Å². The van der Waals surface area contributed by atoms with Gasteiger partial charge in [-0.3, -0.25) is 0 Å². The van der Waals surface area contributed by atoms with E-state index in [1.165, 1.54) is 0 Å². The minimum atomic E-state index is -3.42. The van der Waals surface area contributed by atoms with Gasteiger partial charge in [0, 0.05) is 24.7 Å². The molecule has 2 rings (SSSR count). The van der Waals surface area contributed by atoms with Gasteiger partial charge in [-0.25, -0.2) is 8.42 Å². The molecule has 1 saturated carbocycles. The SMILES string of the molecule is CCN(CC1CC1)S(=O)(=O)c1ccc(Cl)c(CNC)c1. The lowest BCUT2D eigenvalue weighted by Crippen LogP contribution is -2.32. The van der Waals surface area contributed by atoms with Crippen molar-refractivity contribution in [1.29, 1.82) is 0 Å². The normalized spacial score (nSPS) is 15.8. The molecule has 1 N–H and O–H groups in total. The third kappa shape index (κ3) is 3.52. The summed E-state index contributed by atoms with van der Waals surface area (Å²) in [6, 6.07) is 4.92. The zero-order chi connectivity index (χ0) is 14.8. The third-order valence-corrected chi connectivity index (χ3v) is 5.84. The maximum Gasteiger partial charge on any atom is 0.243 e. The van der Waals surface area contributed by atoms with E-state index in [0.29, 0.717) is 35.5 Å². The van der Waals surface area contributed by atoms with E-state index in [1.54, 1.807) is 22.5 Å². The molecule has 0 amide bonds. The molecule has 0 heterocycles. The van der Waals surface area contributed by atoms with E-state index < -0.39 is 10.0 Å². The maximum absolute atomic E-state index is 12.7. The monoisotopic (exact) mass is 316 g/mol. The van der Waals surface area contributed by atoms with Gasteiger partial charge in [-0.2, -0.15) is 4.31 Å². The van der Waals surface area contributed by atoms with Crippen LogP contribution in [0.4, 0.5) is 0 Å². The van der Waals surface area contributed by atoms with Gasteiger partial charge in [0.25, 0.3) is 0 Å². The summed E-state index contributed by atoms with van der Waals surface area (Å²) < 4.78 is 26.9. The molecule has 0 spiro atoms. The standard InChI is InChI=1S/C14H21ClN2O2S/c1-3-17(10-11-4-5-11)20(18,19)13-6-7-14(15)12(8-13)9-16-2/h6-8,11,16H,3-5,9-10H2,1-2H3. The average molecular weight is 317 g/mol. The number of nitrogens with one attached hydrogen (secondary N) is 1. The van der Waals surface area contributed by atoms with Crippen molar-refractivity contribution in [3.05, 3.63) is 28.8 Å². The Labute approximate surface area is 126 Å². The molecule has 20 heavy (non-hydrogen) atoms. The summed E-state index contributed by atoms with van der Waals surface area (Å²) in [6.45, 7) is 3.56. The fourth-order valence-corrected chi connectivity index (χ4v) is 3.93. The first kappa shape index (κ1) is 15.8. The maximum atomic E-state index is 12.7. The number of halogens is 1. The molecule has 1 aliphatic carbocycles. The Kier molecular flexibility index (Phi) is 5.07. The van der Waals surface area contributed by atoms with Crippen molar-refractivity contribution in [3.8, 4) is 0 Å². The number of hydrogen-bond acceptors (Lipinski definition) is 3. The molecule has 1 aromatic rings. The van der Waals surface area contributed by atoms with Crippen LogP contribution in [0, 0.1) is 5.92 Å². The summed E-state index contributed by atoms with van der Waals surface area (Å²) in [5.74, 6) is 0.536. The van der Waals surface area contributed by atoms with Crippen LogP contribution in [0.1, 0.15) is 25.3 Å². The molecule has 1 aromatic carbocycles. The summed E-state index contributed by atoms with van der Waals surface area (Å²) in [6.07, 6.45) is 2.27. The number of sulfonamides is 1. The summed E-state index contributed by atoms with van der Waals surface area (Å²) in [5.41, 5.74) is 0.803. The van der Waals surface area contributed by atoms with E-state index in [1.807, 2.05) is 14.0 Å². The molecule has 0 atom stereocenters. The fraction of sp³-hybridized carbons (Fsp3) is 0.571. The Morgan fingerprint density at radius 1 is 1.40 bits per heavy atom. The van der Waals surface area contributed by atoms with Crippen LogP contribution in [-0.2, 0) is 16.6 Å². The van der Waals surface area contributed by atoms with E-state index >= 15 is 0 Å². The predicted octanol–water partition coefficient (Wildman–Crippen LogP) is 2.48. The minimum absolute atomic E-state index is 0.328. The second kappa shape index (κ2) is 6.43. The van der Waals surface area contributed by atoms with Gasteiger partial charge in [-0.05, 0) is 49.6 Å². The average Bonchev–Trinajstić information content (AvgIpc) is 3.22. The molecule has 0 unspecified atom stereocenters. The number of nitrogens with zero attached hydrogens (tertiary/aromatic N) is 1. The highest BCUT2D eigenvalue weighted by molar-refractivity contribution is 7.89. The van der Waals surface area contributed by atoms with Crippen LogP contribution in [0.5, 0.6) is 0 Å². The molecule has 0 aromatic heterocycles. The van der Waals surface area contributed by atoms with Gasteiger partial charge in [-0.15, -0.1) is 0 Å². The van der Waals surface area contributed by atoms with Crippen LogP contribution in [0.25, 0.3) is 0 Å². The van der Waals surface area contributed by atoms with Gasteiger partial charge >= 0.3 is 0 Å². The van der Waals surface area contributed by atoms with Crippen LogP contribution < -0.4 is 5.32 Å². The van der Waals surface area contributed by atoms with Gasteiger partial charge in [0.15, 0.2) is 0 Å². The molecule has 0 bridgehead atoms. The molecule has 0 aliphatic heterocycles. The van der Waals surface area contributed by atoms with Crippen molar-refractivity contribution in [2.75, 3.05) is 20.1 Å². The summed E-state index contributed by atoms with van der Waals surface area (Å²) in [5, 5.41) is 3.58. The van der Waals surface area contributed by atoms with E-state index in [-0.39, 0.29) is 0 Å². The van der Waals surface area contributed by atoms with E-state index in [2.05, 4.69) is 5.32 Å². The van der Waals surface area contributed by atoms with Crippen molar-refractivity contribution in [3.63, 3.8) is 0 Å². The first-order chi connectivity index (χ1) is 9.48. The lowest BCUT2D eigenvalue weighted by atomic mass is 10.2. The van der Waals surface area contributed by atoms with Gasteiger partial charge < -0.3 is 5.32 Å². The molecular weight excluding hydrogens is 296 g/mol. The Morgan fingerprint density at radius 3 is 2.65 bits per heavy atom. The predicted molar refractivity (Wildman–Crippen MR) is 81.4 cm³/mol. The lowest BCUT2D eigenvalue weighted by Gasteiger charge is -2.21.